The average Bonchev–Trinajstić information content (AvgIpc) is 2.78. The normalized spacial score (nSPS) is 28.8. The molecule has 1 aliphatic heterocycles. The molecule has 2 aliphatic rings. The van der Waals surface area contributed by atoms with Crippen LogP contribution in [0, 0.1) is 11.3 Å². The van der Waals surface area contributed by atoms with E-state index in [1.807, 2.05) is 0 Å². The quantitative estimate of drug-likeness (QED) is 0.665. The summed E-state index contributed by atoms with van der Waals surface area (Å²) in [6, 6.07) is 0. The average molecular weight is 199 g/mol. The molecule has 2 fully saturated rings. The fourth-order valence-corrected chi connectivity index (χ4v) is 1.73. The zero-order valence-corrected chi connectivity index (χ0v) is 8.29. The second kappa shape index (κ2) is 3.87. The van der Waals surface area contributed by atoms with Crippen molar-refractivity contribution < 1.29 is 14.6 Å². The number of carbonyl (C=O) groups excluding carboxylic acids is 1. The van der Waals surface area contributed by atoms with Crippen LogP contribution in [0.25, 0.3) is 0 Å². The molecule has 1 unspecified atom stereocenters. The van der Waals surface area contributed by atoms with Crippen LogP contribution in [-0.4, -0.2) is 37.4 Å². The predicted octanol–water partition coefficient (Wildman–Crippen LogP) is -0.0884. The first-order chi connectivity index (χ1) is 6.76. The first kappa shape index (κ1) is 9.93. The van der Waals surface area contributed by atoms with Gasteiger partial charge in [0.25, 0.3) is 0 Å². The van der Waals surface area contributed by atoms with E-state index >= 15 is 0 Å². The molecule has 0 aromatic heterocycles. The van der Waals surface area contributed by atoms with Crippen molar-refractivity contribution in [1.29, 1.82) is 0 Å². The summed E-state index contributed by atoms with van der Waals surface area (Å²) in [4.78, 5) is 11.6. The molecule has 1 aliphatic carbocycles. The molecule has 4 nitrogen and oxygen atoms in total. The lowest BCUT2D eigenvalue weighted by molar-refractivity contribution is -0.125. The maximum Gasteiger partial charge on any atom is 0.225 e. The van der Waals surface area contributed by atoms with Gasteiger partial charge in [-0.25, -0.2) is 0 Å². The molecule has 14 heavy (non-hydrogen) atoms. The van der Waals surface area contributed by atoms with E-state index in [1.165, 1.54) is 0 Å². The van der Waals surface area contributed by atoms with Gasteiger partial charge in [0, 0.05) is 18.6 Å². The van der Waals surface area contributed by atoms with Crippen molar-refractivity contribution >= 4 is 5.91 Å². The molecule has 80 valence electrons. The van der Waals surface area contributed by atoms with Crippen LogP contribution in [-0.2, 0) is 9.53 Å². The monoisotopic (exact) mass is 199 g/mol. The molecule has 0 bridgehead atoms. The lowest BCUT2D eigenvalue weighted by Crippen LogP contribution is -2.36. The van der Waals surface area contributed by atoms with E-state index in [4.69, 9.17) is 9.84 Å². The molecular weight excluding hydrogens is 182 g/mol. The van der Waals surface area contributed by atoms with Crippen LogP contribution in [0.5, 0.6) is 0 Å². The van der Waals surface area contributed by atoms with Gasteiger partial charge in [-0.3, -0.25) is 4.79 Å². The first-order valence-electron chi connectivity index (χ1n) is 5.22. The first-order valence-corrected chi connectivity index (χ1v) is 5.22. The van der Waals surface area contributed by atoms with Crippen LogP contribution in [0.15, 0.2) is 0 Å². The third kappa shape index (κ3) is 2.07. The summed E-state index contributed by atoms with van der Waals surface area (Å²) in [7, 11) is 0. The Kier molecular flexibility index (Phi) is 2.74. The summed E-state index contributed by atoms with van der Waals surface area (Å²) >= 11 is 0. The van der Waals surface area contributed by atoms with E-state index in [9.17, 15) is 4.79 Å². The molecule has 2 N–H and O–H groups in total. The number of amides is 1. The summed E-state index contributed by atoms with van der Waals surface area (Å²) in [6.45, 7) is 2.06. The summed E-state index contributed by atoms with van der Waals surface area (Å²) in [5, 5.41) is 12.0. The standard InChI is InChI=1S/C10H17NO3/c12-7-10(2-3-10)6-11-9(13)8-1-4-14-5-8/h8,12H,1-7H2,(H,11,13). The number of aliphatic hydroxyl groups is 1. The van der Waals surface area contributed by atoms with Crippen molar-refractivity contribution in [2.45, 2.75) is 19.3 Å². The van der Waals surface area contributed by atoms with Crippen LogP contribution >= 0.6 is 0 Å². The Labute approximate surface area is 83.6 Å². The lowest BCUT2D eigenvalue weighted by atomic mass is 10.1. The molecule has 1 saturated heterocycles. The van der Waals surface area contributed by atoms with Gasteiger partial charge in [-0.05, 0) is 19.3 Å². The van der Waals surface area contributed by atoms with Gasteiger partial charge in [0.1, 0.15) is 0 Å². The van der Waals surface area contributed by atoms with Crippen molar-refractivity contribution in [2.75, 3.05) is 26.4 Å². The topological polar surface area (TPSA) is 58.6 Å². The maximum absolute atomic E-state index is 11.6. The molecule has 0 radical (unpaired) electrons. The van der Waals surface area contributed by atoms with E-state index in [-0.39, 0.29) is 23.8 Å². The molecule has 1 saturated carbocycles. The summed E-state index contributed by atoms with van der Waals surface area (Å²) in [5.74, 6) is 0.117. The van der Waals surface area contributed by atoms with E-state index in [0.29, 0.717) is 19.8 Å². The van der Waals surface area contributed by atoms with Crippen LogP contribution in [0.4, 0.5) is 0 Å². The Bertz CT molecular complexity index is 219. The Morgan fingerprint density at radius 1 is 1.57 bits per heavy atom. The van der Waals surface area contributed by atoms with Crippen molar-refractivity contribution in [3.05, 3.63) is 0 Å². The van der Waals surface area contributed by atoms with Gasteiger partial charge < -0.3 is 15.2 Å². The lowest BCUT2D eigenvalue weighted by Gasteiger charge is -2.14. The van der Waals surface area contributed by atoms with Crippen LogP contribution in [0.3, 0.4) is 0 Å². The van der Waals surface area contributed by atoms with Gasteiger partial charge in [0.05, 0.1) is 19.1 Å². The van der Waals surface area contributed by atoms with Crippen molar-refractivity contribution in [1.82, 2.24) is 5.32 Å². The Balaban J connectivity index is 1.72. The van der Waals surface area contributed by atoms with Crippen LogP contribution in [0.2, 0.25) is 0 Å². The molecule has 1 amide bonds. The summed E-state index contributed by atoms with van der Waals surface area (Å²) < 4.78 is 5.14. The fraction of sp³-hybridized carbons (Fsp3) is 0.900. The molecule has 0 aromatic carbocycles. The minimum absolute atomic E-state index is 0.00905. The molecule has 0 aromatic rings. The summed E-state index contributed by atoms with van der Waals surface area (Å²) in [5.41, 5.74) is 0.00905. The van der Waals surface area contributed by atoms with Gasteiger partial charge in [0.15, 0.2) is 0 Å². The van der Waals surface area contributed by atoms with E-state index < -0.39 is 0 Å². The Hall–Kier alpha value is -0.610. The SMILES string of the molecule is O=C(NCC1(CO)CC1)C1CCOC1. The molecular formula is C10H17NO3. The zero-order valence-electron chi connectivity index (χ0n) is 8.29. The summed E-state index contributed by atoms with van der Waals surface area (Å²) in [6.07, 6.45) is 2.90. The van der Waals surface area contributed by atoms with E-state index in [2.05, 4.69) is 5.32 Å². The highest BCUT2D eigenvalue weighted by molar-refractivity contribution is 5.79. The van der Waals surface area contributed by atoms with E-state index in [0.717, 1.165) is 19.3 Å². The highest BCUT2D eigenvalue weighted by Gasteiger charge is 2.42. The molecule has 4 heteroatoms. The largest absolute Gasteiger partial charge is 0.396 e. The minimum atomic E-state index is 0.00905. The van der Waals surface area contributed by atoms with Gasteiger partial charge in [-0.2, -0.15) is 0 Å². The highest BCUT2D eigenvalue weighted by atomic mass is 16.5. The van der Waals surface area contributed by atoms with Crippen molar-refractivity contribution in [3.63, 3.8) is 0 Å². The van der Waals surface area contributed by atoms with Crippen molar-refractivity contribution in [3.8, 4) is 0 Å². The smallest absolute Gasteiger partial charge is 0.225 e. The zero-order chi connectivity index (χ0) is 10.0. The van der Waals surface area contributed by atoms with Crippen LogP contribution < -0.4 is 5.32 Å². The maximum atomic E-state index is 11.6. The Morgan fingerprint density at radius 2 is 2.36 bits per heavy atom. The fourth-order valence-electron chi connectivity index (χ4n) is 1.73. The van der Waals surface area contributed by atoms with Crippen molar-refractivity contribution in [2.24, 2.45) is 11.3 Å². The second-order valence-electron chi connectivity index (χ2n) is 4.44. The molecule has 2 rings (SSSR count). The second-order valence-corrected chi connectivity index (χ2v) is 4.44. The number of hydrogen-bond acceptors (Lipinski definition) is 3. The van der Waals surface area contributed by atoms with Gasteiger partial charge >= 0.3 is 0 Å². The minimum Gasteiger partial charge on any atom is -0.396 e. The van der Waals surface area contributed by atoms with Gasteiger partial charge in [-0.15, -0.1) is 0 Å². The van der Waals surface area contributed by atoms with Gasteiger partial charge in [-0.1, -0.05) is 0 Å². The highest BCUT2D eigenvalue weighted by Crippen LogP contribution is 2.44. The number of ether oxygens (including phenoxy) is 1. The number of hydrogen-bond donors (Lipinski definition) is 2. The number of carbonyl (C=O) groups is 1. The third-order valence-corrected chi connectivity index (χ3v) is 3.23. The molecule has 1 heterocycles. The molecule has 0 spiro atoms. The third-order valence-electron chi connectivity index (χ3n) is 3.23. The Morgan fingerprint density at radius 3 is 2.86 bits per heavy atom. The van der Waals surface area contributed by atoms with Gasteiger partial charge in [0.2, 0.25) is 5.91 Å². The van der Waals surface area contributed by atoms with Crippen LogP contribution in [0.1, 0.15) is 19.3 Å². The van der Waals surface area contributed by atoms with E-state index in [1.54, 1.807) is 0 Å². The molecule has 1 atom stereocenters. The number of nitrogens with one attached hydrogen (secondary N) is 1. The number of rotatable bonds is 4. The number of aliphatic hydroxyl groups excluding tert-OH is 1. The predicted molar refractivity (Wildman–Crippen MR) is 50.7 cm³/mol.